The van der Waals surface area contributed by atoms with Gasteiger partial charge in [0.25, 0.3) is 0 Å². The Kier molecular flexibility index (Phi) is 13.2. The van der Waals surface area contributed by atoms with Gasteiger partial charge >= 0.3 is 6.03 Å². The molecule has 4 aromatic carbocycles. The first-order valence-corrected chi connectivity index (χ1v) is 18.0. The van der Waals surface area contributed by atoms with Crippen LogP contribution < -0.4 is 20.7 Å². The van der Waals surface area contributed by atoms with Crippen LogP contribution in [0.5, 0.6) is 5.75 Å². The Bertz CT molecular complexity index is 1990. The molecule has 0 spiro atoms. The summed E-state index contributed by atoms with van der Waals surface area (Å²) < 4.78 is 18.6. The molecule has 53 heavy (non-hydrogen) atoms. The third-order valence-electron chi connectivity index (χ3n) is 8.94. The number of fused-ring (bicyclic) bond motifs is 1. The van der Waals surface area contributed by atoms with Crippen LogP contribution in [0.15, 0.2) is 84.9 Å². The molecule has 0 saturated heterocycles. The molecule has 0 bridgehead atoms. The van der Waals surface area contributed by atoms with E-state index in [2.05, 4.69) is 43.6 Å². The Morgan fingerprint density at radius 3 is 2.17 bits per heavy atom. The topological polar surface area (TPSA) is 119 Å². The van der Waals surface area contributed by atoms with Crippen molar-refractivity contribution < 1.29 is 23.8 Å². The van der Waals surface area contributed by atoms with Crippen LogP contribution in [0.1, 0.15) is 50.1 Å². The van der Waals surface area contributed by atoms with Crippen LogP contribution in [0.25, 0.3) is 16.5 Å². The number of nitrogens with one attached hydrogen (secondary N) is 3. The van der Waals surface area contributed by atoms with Gasteiger partial charge in [-0.05, 0) is 54.8 Å². The molecule has 0 radical (unpaired) electrons. The van der Waals surface area contributed by atoms with Crippen molar-refractivity contribution in [2.24, 2.45) is 0 Å². The summed E-state index contributed by atoms with van der Waals surface area (Å²) in [5, 5.41) is 15.7. The second kappa shape index (κ2) is 18.0. The van der Waals surface area contributed by atoms with Crippen molar-refractivity contribution in [3.63, 3.8) is 0 Å². The number of amides is 3. The molecule has 1 aromatic heterocycles. The molecule has 0 fully saturated rings. The first-order chi connectivity index (χ1) is 25.5. The Labute approximate surface area is 312 Å². The van der Waals surface area contributed by atoms with E-state index in [4.69, 9.17) is 19.3 Å². The largest absolute Gasteiger partial charge is 0.488 e. The molecule has 280 valence electrons. The van der Waals surface area contributed by atoms with Gasteiger partial charge in [0.05, 0.1) is 36.8 Å². The number of hydrogen-bond donors (Lipinski definition) is 3. The maximum absolute atomic E-state index is 13.5. The van der Waals surface area contributed by atoms with E-state index in [0.29, 0.717) is 43.6 Å². The normalized spacial score (nSPS) is 11.5. The van der Waals surface area contributed by atoms with Gasteiger partial charge < -0.3 is 24.8 Å². The van der Waals surface area contributed by atoms with Gasteiger partial charge in [-0.3, -0.25) is 15.0 Å². The van der Waals surface area contributed by atoms with E-state index in [1.54, 1.807) is 18.9 Å². The standard InChI is InChI=1S/C42H52N6O5/c1-8-31-16-15-30(25-36(31)43-40(49)27-47(21-23-51-6)22-24-52-7)28-53-37-20-19-35(33-11-9-10-12-34(33)37)44-41(50)45-39-26-38(42(3,4)5)46-48(39)32-17-13-29(2)14-18-32/h9-20,25-26H,8,21-24,27-28H2,1-7H3,(H,43,49)(H2,44,45,50). The summed E-state index contributed by atoms with van der Waals surface area (Å²) in [6.45, 7) is 13.2. The zero-order chi connectivity index (χ0) is 38.0. The van der Waals surface area contributed by atoms with Gasteiger partial charge in [-0.15, -0.1) is 0 Å². The summed E-state index contributed by atoms with van der Waals surface area (Å²) in [5.41, 5.74) is 6.02. The predicted molar refractivity (Wildman–Crippen MR) is 213 cm³/mol. The minimum Gasteiger partial charge on any atom is -0.488 e. The maximum atomic E-state index is 13.5. The monoisotopic (exact) mass is 720 g/mol. The Balaban J connectivity index is 1.29. The van der Waals surface area contributed by atoms with E-state index in [9.17, 15) is 9.59 Å². The van der Waals surface area contributed by atoms with E-state index in [1.807, 2.05) is 96.8 Å². The average Bonchev–Trinajstić information content (AvgIpc) is 3.57. The van der Waals surface area contributed by atoms with E-state index in [1.165, 1.54) is 0 Å². The molecule has 5 rings (SSSR count). The predicted octanol–water partition coefficient (Wildman–Crippen LogP) is 7.95. The summed E-state index contributed by atoms with van der Waals surface area (Å²) in [4.78, 5) is 28.6. The lowest BCUT2D eigenvalue weighted by Gasteiger charge is -2.21. The summed E-state index contributed by atoms with van der Waals surface area (Å²) in [6.07, 6.45) is 0.770. The van der Waals surface area contributed by atoms with E-state index in [-0.39, 0.29) is 30.5 Å². The Morgan fingerprint density at radius 1 is 0.811 bits per heavy atom. The van der Waals surface area contributed by atoms with E-state index in [0.717, 1.165) is 51.0 Å². The molecule has 0 unspecified atom stereocenters. The molecule has 11 heteroatoms. The highest BCUT2D eigenvalue weighted by Gasteiger charge is 2.22. The molecular weight excluding hydrogens is 668 g/mol. The van der Waals surface area contributed by atoms with E-state index < -0.39 is 0 Å². The number of urea groups is 1. The first kappa shape index (κ1) is 39.0. The number of carbonyl (C=O) groups excluding carboxylic acids is 2. The number of ether oxygens (including phenoxy) is 3. The fraction of sp³-hybridized carbons (Fsp3) is 0.357. The lowest BCUT2D eigenvalue weighted by molar-refractivity contribution is -0.117. The molecule has 3 amide bonds. The molecule has 0 aliphatic heterocycles. The lowest BCUT2D eigenvalue weighted by atomic mass is 9.92. The van der Waals surface area contributed by atoms with E-state index >= 15 is 0 Å². The molecular formula is C42H52N6O5. The van der Waals surface area contributed by atoms with Crippen molar-refractivity contribution in [2.45, 2.75) is 53.1 Å². The van der Waals surface area contributed by atoms with Gasteiger partial charge in [0.2, 0.25) is 5.91 Å². The van der Waals surface area contributed by atoms with Crippen molar-refractivity contribution in [3.8, 4) is 11.4 Å². The zero-order valence-electron chi connectivity index (χ0n) is 31.9. The second-order valence-electron chi connectivity index (χ2n) is 14.1. The number of rotatable bonds is 16. The Hall–Kier alpha value is -5.23. The quantitative estimate of drug-likeness (QED) is 0.0947. The molecule has 0 aliphatic rings. The second-order valence-corrected chi connectivity index (χ2v) is 14.1. The zero-order valence-corrected chi connectivity index (χ0v) is 31.9. The van der Waals surface area contributed by atoms with Crippen LogP contribution in [0.3, 0.4) is 0 Å². The van der Waals surface area contributed by atoms with Crippen molar-refractivity contribution in [2.75, 3.05) is 63.0 Å². The van der Waals surface area contributed by atoms with Gasteiger partial charge in [0.15, 0.2) is 0 Å². The van der Waals surface area contributed by atoms with Crippen LogP contribution in [0.4, 0.5) is 22.0 Å². The first-order valence-electron chi connectivity index (χ1n) is 18.0. The maximum Gasteiger partial charge on any atom is 0.324 e. The number of benzene rings is 4. The van der Waals surface area contributed by atoms with Crippen LogP contribution in [-0.4, -0.2) is 73.7 Å². The van der Waals surface area contributed by atoms with Crippen LogP contribution in [0, 0.1) is 6.92 Å². The number of carbonyl (C=O) groups is 2. The number of anilines is 3. The van der Waals surface area contributed by atoms with Crippen molar-refractivity contribution in [3.05, 3.63) is 107 Å². The van der Waals surface area contributed by atoms with Gasteiger partial charge in [-0.25, -0.2) is 9.48 Å². The molecule has 0 aliphatic carbocycles. The summed E-state index contributed by atoms with van der Waals surface area (Å²) in [6, 6.07) is 27.1. The summed E-state index contributed by atoms with van der Waals surface area (Å²) in [5.74, 6) is 1.15. The van der Waals surface area contributed by atoms with Crippen LogP contribution >= 0.6 is 0 Å². The smallest absolute Gasteiger partial charge is 0.324 e. The molecule has 0 atom stereocenters. The number of hydrogen-bond acceptors (Lipinski definition) is 7. The van der Waals surface area contributed by atoms with Gasteiger partial charge in [0, 0.05) is 55.3 Å². The third kappa shape index (κ3) is 10.4. The molecule has 3 N–H and O–H groups in total. The minimum absolute atomic E-state index is 0.0997. The van der Waals surface area contributed by atoms with Crippen LogP contribution in [-0.2, 0) is 32.7 Å². The number of aryl methyl sites for hydroxylation is 2. The number of nitrogens with zero attached hydrogens (tertiary/aromatic N) is 3. The minimum atomic E-state index is -0.386. The SMILES string of the molecule is CCc1ccc(COc2ccc(NC(=O)Nc3cc(C(C)(C)C)nn3-c3ccc(C)cc3)c3ccccc23)cc1NC(=O)CN(CCOC)CCOC. The van der Waals surface area contributed by atoms with Crippen LogP contribution in [0.2, 0.25) is 0 Å². The van der Waals surface area contributed by atoms with Crippen molar-refractivity contribution in [1.29, 1.82) is 0 Å². The van der Waals surface area contributed by atoms with Gasteiger partial charge in [-0.1, -0.05) is 81.8 Å². The summed E-state index contributed by atoms with van der Waals surface area (Å²) in [7, 11) is 3.30. The van der Waals surface area contributed by atoms with Gasteiger partial charge in [0.1, 0.15) is 18.2 Å². The highest BCUT2D eigenvalue weighted by Crippen LogP contribution is 2.33. The van der Waals surface area contributed by atoms with Crippen molar-refractivity contribution in [1.82, 2.24) is 14.7 Å². The average molecular weight is 721 g/mol. The number of aromatic nitrogens is 2. The highest BCUT2D eigenvalue weighted by atomic mass is 16.5. The Morgan fingerprint density at radius 2 is 1.51 bits per heavy atom. The van der Waals surface area contributed by atoms with Gasteiger partial charge in [-0.2, -0.15) is 5.10 Å². The highest BCUT2D eigenvalue weighted by molar-refractivity contribution is 6.07. The molecule has 0 saturated carbocycles. The third-order valence-corrected chi connectivity index (χ3v) is 8.94. The lowest BCUT2D eigenvalue weighted by Crippen LogP contribution is -2.37. The summed E-state index contributed by atoms with van der Waals surface area (Å²) >= 11 is 0. The molecule has 11 nitrogen and oxygen atoms in total. The van der Waals surface area contributed by atoms with Crippen molar-refractivity contribution >= 4 is 39.9 Å². The molecule has 5 aromatic rings. The fourth-order valence-corrected chi connectivity index (χ4v) is 5.90. The molecule has 1 heterocycles. The fourth-order valence-electron chi connectivity index (χ4n) is 5.90. The number of methoxy groups -OCH3 is 2.